The van der Waals surface area contributed by atoms with Gasteiger partial charge in [-0.25, -0.2) is 4.79 Å². The number of carboxylic acids is 1. The van der Waals surface area contributed by atoms with Crippen molar-refractivity contribution in [3.8, 4) is 5.75 Å². The van der Waals surface area contributed by atoms with Gasteiger partial charge in [0.25, 0.3) is 0 Å². The minimum absolute atomic E-state index is 0.619. The molecule has 3 aromatic rings. The molecule has 214 valence electrons. The number of aliphatic carboxylic acids is 1. The van der Waals surface area contributed by atoms with Gasteiger partial charge in [-0.1, -0.05) is 119 Å². The quantitative estimate of drug-likeness (QED) is 0.104. The first-order chi connectivity index (χ1) is 19.7. The van der Waals surface area contributed by atoms with E-state index in [4.69, 9.17) is 9.84 Å². The number of hydrogen-bond donors (Lipinski definition) is 2. The van der Waals surface area contributed by atoms with Gasteiger partial charge in [0.05, 0.1) is 0 Å². The molecule has 0 spiro atoms. The Bertz CT molecular complexity index is 1090. The van der Waals surface area contributed by atoms with Crippen LogP contribution in [0.15, 0.2) is 84.9 Å². The molecule has 0 saturated heterocycles. The molecule has 2 N–H and O–H groups in total. The average Bonchev–Trinajstić information content (AvgIpc) is 2.98. The Hall–Kier alpha value is -3.53. The Labute approximate surface area is 241 Å². The largest absolute Gasteiger partial charge is 0.489 e. The van der Waals surface area contributed by atoms with E-state index in [0.717, 1.165) is 36.0 Å². The lowest BCUT2D eigenvalue weighted by molar-refractivity contribution is -0.131. The van der Waals surface area contributed by atoms with E-state index in [2.05, 4.69) is 41.7 Å². The van der Waals surface area contributed by atoms with Crippen molar-refractivity contribution in [2.45, 2.75) is 90.1 Å². The second-order valence-corrected chi connectivity index (χ2v) is 10.6. The van der Waals surface area contributed by atoms with Gasteiger partial charge >= 0.3 is 5.97 Å². The summed E-state index contributed by atoms with van der Waals surface area (Å²) in [5, 5.41) is 12.1. The molecule has 0 aromatic heterocycles. The molecule has 0 heterocycles. The molecule has 0 fully saturated rings. The van der Waals surface area contributed by atoms with Gasteiger partial charge in [-0.05, 0) is 66.3 Å². The van der Waals surface area contributed by atoms with Crippen LogP contribution in [0, 0.1) is 0 Å². The van der Waals surface area contributed by atoms with Crippen LogP contribution < -0.4 is 10.1 Å². The van der Waals surface area contributed by atoms with Gasteiger partial charge in [-0.3, -0.25) is 0 Å². The highest BCUT2D eigenvalue weighted by Gasteiger charge is 1.99. The molecule has 3 rings (SSSR count). The number of unbranched alkanes of at least 4 members (excludes halogenated alkanes) is 11. The third kappa shape index (κ3) is 14.0. The van der Waals surface area contributed by atoms with E-state index in [1.807, 2.05) is 42.5 Å². The number of aryl methyl sites for hydroxylation is 1. The summed E-state index contributed by atoms with van der Waals surface area (Å²) in [6, 6.07) is 26.8. The molecule has 0 radical (unpaired) electrons. The van der Waals surface area contributed by atoms with Crippen LogP contribution in [0.4, 0.5) is 5.69 Å². The molecule has 4 heteroatoms. The second-order valence-electron chi connectivity index (χ2n) is 10.6. The molecule has 40 heavy (non-hydrogen) atoms. The predicted molar refractivity (Wildman–Crippen MR) is 168 cm³/mol. The Kier molecular flexibility index (Phi) is 15.1. The van der Waals surface area contributed by atoms with Crippen molar-refractivity contribution in [1.29, 1.82) is 0 Å². The normalized spacial score (nSPS) is 11.1. The van der Waals surface area contributed by atoms with E-state index in [9.17, 15) is 4.79 Å². The Balaban J connectivity index is 1.07. The van der Waals surface area contributed by atoms with Crippen molar-refractivity contribution in [1.82, 2.24) is 0 Å². The topological polar surface area (TPSA) is 58.6 Å². The third-order valence-electron chi connectivity index (χ3n) is 7.22. The van der Waals surface area contributed by atoms with Crippen LogP contribution in [0.25, 0.3) is 6.08 Å². The summed E-state index contributed by atoms with van der Waals surface area (Å²) in [5.41, 5.74) is 4.59. The minimum atomic E-state index is -0.923. The van der Waals surface area contributed by atoms with Crippen LogP contribution in [0.3, 0.4) is 0 Å². The van der Waals surface area contributed by atoms with Crippen LogP contribution in [0.2, 0.25) is 0 Å². The molecule has 4 nitrogen and oxygen atoms in total. The minimum Gasteiger partial charge on any atom is -0.489 e. The molecule has 0 aliphatic carbocycles. The monoisotopic (exact) mass is 541 g/mol. The maximum absolute atomic E-state index is 10.6. The van der Waals surface area contributed by atoms with E-state index in [0.29, 0.717) is 6.61 Å². The van der Waals surface area contributed by atoms with Gasteiger partial charge in [0, 0.05) is 18.3 Å². The van der Waals surface area contributed by atoms with E-state index in [1.54, 1.807) is 6.08 Å². The van der Waals surface area contributed by atoms with E-state index >= 15 is 0 Å². The summed E-state index contributed by atoms with van der Waals surface area (Å²) < 4.78 is 5.89. The highest BCUT2D eigenvalue weighted by Crippen LogP contribution is 2.17. The molecular weight excluding hydrogens is 494 g/mol. The fourth-order valence-corrected chi connectivity index (χ4v) is 4.83. The third-order valence-corrected chi connectivity index (χ3v) is 7.22. The summed E-state index contributed by atoms with van der Waals surface area (Å²) in [4.78, 5) is 10.6. The zero-order valence-corrected chi connectivity index (χ0v) is 24.0. The number of carboxylic acid groups (broad SMARTS) is 1. The number of benzene rings is 3. The lowest BCUT2D eigenvalue weighted by atomic mass is 10.0. The number of rotatable bonds is 21. The number of hydrogen-bond acceptors (Lipinski definition) is 3. The summed E-state index contributed by atoms with van der Waals surface area (Å²) in [6.45, 7) is 1.60. The number of ether oxygens (including phenoxy) is 1. The highest BCUT2D eigenvalue weighted by atomic mass is 16.5. The summed E-state index contributed by atoms with van der Waals surface area (Å²) in [5.74, 6) is 0.0198. The van der Waals surface area contributed by atoms with Crippen molar-refractivity contribution in [2.24, 2.45) is 0 Å². The van der Waals surface area contributed by atoms with Crippen molar-refractivity contribution in [3.05, 3.63) is 102 Å². The maximum Gasteiger partial charge on any atom is 0.328 e. The summed E-state index contributed by atoms with van der Waals surface area (Å²) in [7, 11) is 0. The summed E-state index contributed by atoms with van der Waals surface area (Å²) >= 11 is 0. The maximum atomic E-state index is 10.6. The van der Waals surface area contributed by atoms with E-state index in [1.165, 1.54) is 88.2 Å². The number of anilines is 1. The van der Waals surface area contributed by atoms with Crippen LogP contribution in [0.1, 0.15) is 93.7 Å². The predicted octanol–water partition coefficient (Wildman–Crippen LogP) is 9.70. The fraction of sp³-hybridized carbons (Fsp3) is 0.417. The summed E-state index contributed by atoms with van der Waals surface area (Å²) in [6.07, 6.45) is 19.9. The van der Waals surface area contributed by atoms with Crippen molar-refractivity contribution in [3.63, 3.8) is 0 Å². The molecule has 0 unspecified atom stereocenters. The molecule has 3 aromatic carbocycles. The molecule has 0 atom stereocenters. The van der Waals surface area contributed by atoms with E-state index in [-0.39, 0.29) is 0 Å². The van der Waals surface area contributed by atoms with Gasteiger partial charge in [0.15, 0.2) is 0 Å². The molecule has 0 aliphatic heterocycles. The zero-order chi connectivity index (χ0) is 28.1. The van der Waals surface area contributed by atoms with Gasteiger partial charge in [0.1, 0.15) is 12.4 Å². The van der Waals surface area contributed by atoms with Crippen LogP contribution in [-0.4, -0.2) is 17.6 Å². The van der Waals surface area contributed by atoms with E-state index < -0.39 is 5.97 Å². The lowest BCUT2D eigenvalue weighted by Crippen LogP contribution is -2.01. The van der Waals surface area contributed by atoms with Gasteiger partial charge < -0.3 is 15.2 Å². The fourth-order valence-electron chi connectivity index (χ4n) is 4.83. The number of nitrogens with one attached hydrogen (secondary N) is 1. The molecule has 0 saturated carbocycles. The smallest absolute Gasteiger partial charge is 0.328 e. The highest BCUT2D eigenvalue weighted by molar-refractivity contribution is 5.85. The van der Waals surface area contributed by atoms with Gasteiger partial charge in [-0.2, -0.15) is 0 Å². The average molecular weight is 542 g/mol. The van der Waals surface area contributed by atoms with Crippen molar-refractivity contribution in [2.75, 3.05) is 11.9 Å². The van der Waals surface area contributed by atoms with Crippen LogP contribution in [-0.2, 0) is 17.8 Å². The molecule has 0 amide bonds. The first-order valence-electron chi connectivity index (χ1n) is 15.2. The zero-order valence-electron chi connectivity index (χ0n) is 24.0. The molecule has 0 bridgehead atoms. The Morgan fingerprint density at radius 1 is 0.650 bits per heavy atom. The number of carbonyl (C=O) groups is 1. The van der Waals surface area contributed by atoms with Gasteiger partial charge in [-0.15, -0.1) is 0 Å². The van der Waals surface area contributed by atoms with Gasteiger partial charge in [0.2, 0.25) is 0 Å². The standard InChI is InChI=1S/C36H47NO3/c38-36(39)28-23-32-19-24-34(25-20-32)37-29-15-10-8-6-4-2-1-3-5-7-9-12-16-31-21-26-35(27-22-31)40-30-33-17-13-11-14-18-33/h11,13-14,17-28,37H,1-10,12,15-16,29-30H2,(H,38,39). The lowest BCUT2D eigenvalue weighted by Gasteiger charge is -2.08. The second kappa shape index (κ2) is 19.5. The Morgan fingerprint density at radius 2 is 1.23 bits per heavy atom. The molecular formula is C36H47NO3. The van der Waals surface area contributed by atoms with Crippen LogP contribution >= 0.6 is 0 Å². The first kappa shape index (κ1) is 31.0. The van der Waals surface area contributed by atoms with Crippen molar-refractivity contribution >= 4 is 17.7 Å². The first-order valence-corrected chi connectivity index (χ1v) is 15.2. The SMILES string of the molecule is O=C(O)C=Cc1ccc(NCCCCCCCCCCCCCCc2ccc(OCc3ccccc3)cc2)cc1. The Morgan fingerprint density at radius 3 is 1.82 bits per heavy atom. The molecule has 0 aliphatic rings. The van der Waals surface area contributed by atoms with Crippen molar-refractivity contribution < 1.29 is 14.6 Å². The van der Waals surface area contributed by atoms with Crippen LogP contribution in [0.5, 0.6) is 5.75 Å².